The Hall–Kier alpha value is -4.00. The van der Waals surface area contributed by atoms with Crippen LogP contribution in [0.5, 0.6) is 5.75 Å². The number of nitrogens with zero attached hydrogens (tertiary/aromatic N) is 6. The van der Waals surface area contributed by atoms with E-state index in [9.17, 15) is 14.3 Å². The smallest absolute Gasteiger partial charge is 0.251 e. The molecule has 11 nitrogen and oxygen atoms in total. The molecule has 2 N–H and O–H groups in total. The molecule has 2 unspecified atom stereocenters. The standard InChI is InChI=1S/C27H27ClFN7O4/c1-15(37)26(38)35-13-17-11-34(12-18(14-35)40-17)16-5-6-21(23(8-16)39-2)32-27-31-9-19(28)24(33-27)22-10-30-25-20(29)4-3-7-36(22)25/h3-10,15,17-18,37H,11-14H2,1-2H3,(H,31,32,33)/t15-,17?,18?/m0/s1. The van der Waals surface area contributed by atoms with Crippen molar-refractivity contribution >= 4 is 40.5 Å². The van der Waals surface area contributed by atoms with Crippen LogP contribution in [0.3, 0.4) is 0 Å². The van der Waals surface area contributed by atoms with Crippen LogP contribution in [0.15, 0.2) is 48.9 Å². The van der Waals surface area contributed by atoms with Gasteiger partial charge in [-0.1, -0.05) is 11.6 Å². The fourth-order valence-corrected chi connectivity index (χ4v) is 5.39. The minimum Gasteiger partial charge on any atom is -0.494 e. The number of aliphatic hydroxyl groups is 1. The normalized spacial score (nSPS) is 19.5. The molecule has 1 aromatic carbocycles. The number of carbonyl (C=O) groups excluding carboxylic acids is 1. The highest BCUT2D eigenvalue weighted by molar-refractivity contribution is 6.32. The second-order valence-corrected chi connectivity index (χ2v) is 10.2. The van der Waals surface area contributed by atoms with Crippen LogP contribution in [0.25, 0.3) is 17.0 Å². The van der Waals surface area contributed by atoms with E-state index in [-0.39, 0.29) is 29.7 Å². The third-order valence-electron chi connectivity index (χ3n) is 7.02. The van der Waals surface area contributed by atoms with Crippen LogP contribution >= 0.6 is 11.6 Å². The zero-order valence-corrected chi connectivity index (χ0v) is 22.5. The predicted molar refractivity (Wildman–Crippen MR) is 147 cm³/mol. The number of morpholine rings is 2. The summed E-state index contributed by atoms with van der Waals surface area (Å²) in [6, 6.07) is 8.69. The Morgan fingerprint density at radius 3 is 2.70 bits per heavy atom. The molecule has 4 aromatic rings. The van der Waals surface area contributed by atoms with Gasteiger partial charge < -0.3 is 29.7 Å². The summed E-state index contributed by atoms with van der Waals surface area (Å²) in [4.78, 5) is 29.2. The molecule has 3 aromatic heterocycles. The first-order valence-electron chi connectivity index (χ1n) is 12.8. The number of aliphatic hydroxyl groups excluding tert-OH is 1. The molecule has 3 atom stereocenters. The molecule has 0 saturated carbocycles. The lowest BCUT2D eigenvalue weighted by Crippen LogP contribution is -2.61. The van der Waals surface area contributed by atoms with E-state index in [1.807, 2.05) is 18.2 Å². The number of methoxy groups -OCH3 is 1. The summed E-state index contributed by atoms with van der Waals surface area (Å²) >= 11 is 6.42. The number of ether oxygens (including phenoxy) is 2. The van der Waals surface area contributed by atoms with Gasteiger partial charge in [-0.15, -0.1) is 0 Å². The van der Waals surface area contributed by atoms with Gasteiger partial charge in [-0.05, 0) is 31.2 Å². The number of pyridine rings is 1. The number of rotatable bonds is 6. The number of benzene rings is 1. The SMILES string of the molecule is COc1cc(N2CC3CN(C(=O)[C@H](C)O)CC(C2)O3)ccc1Nc1ncc(Cl)c(-c2cnc3c(F)cccn23)n1. The quantitative estimate of drug-likeness (QED) is 0.362. The number of hydrogen-bond acceptors (Lipinski definition) is 9. The van der Waals surface area contributed by atoms with Gasteiger partial charge in [0.05, 0.1) is 48.1 Å². The van der Waals surface area contributed by atoms with Crippen LogP contribution < -0.4 is 15.0 Å². The zero-order chi connectivity index (χ0) is 28.0. The average molecular weight is 568 g/mol. The fraction of sp³-hybridized carbons (Fsp3) is 0.333. The molecule has 2 saturated heterocycles. The van der Waals surface area contributed by atoms with E-state index >= 15 is 0 Å². The minimum atomic E-state index is -1.03. The molecule has 208 valence electrons. The summed E-state index contributed by atoms with van der Waals surface area (Å²) < 4.78 is 27.5. The molecule has 0 aliphatic carbocycles. The Balaban J connectivity index is 1.22. The number of imidazole rings is 1. The highest BCUT2D eigenvalue weighted by Crippen LogP contribution is 2.34. The summed E-state index contributed by atoms with van der Waals surface area (Å²) in [6.07, 6.45) is 3.34. The van der Waals surface area contributed by atoms with Gasteiger partial charge >= 0.3 is 0 Å². The van der Waals surface area contributed by atoms with Crippen LogP contribution in [-0.4, -0.2) is 86.9 Å². The summed E-state index contributed by atoms with van der Waals surface area (Å²) in [6.45, 7) is 3.55. The van der Waals surface area contributed by atoms with Gasteiger partial charge in [-0.25, -0.2) is 19.3 Å². The molecule has 2 aliphatic rings. The monoisotopic (exact) mass is 567 g/mol. The molecule has 6 rings (SSSR count). The topological polar surface area (TPSA) is 117 Å². The number of anilines is 3. The van der Waals surface area contributed by atoms with Gasteiger partial charge in [0.15, 0.2) is 11.5 Å². The van der Waals surface area contributed by atoms with Crippen molar-refractivity contribution in [3.05, 3.63) is 59.8 Å². The van der Waals surface area contributed by atoms with Gasteiger partial charge in [0.25, 0.3) is 5.91 Å². The summed E-state index contributed by atoms with van der Waals surface area (Å²) in [5.74, 6) is 0.138. The molecule has 1 amide bonds. The van der Waals surface area contributed by atoms with Gasteiger partial charge in [0, 0.05) is 44.1 Å². The van der Waals surface area contributed by atoms with E-state index in [1.165, 1.54) is 25.4 Å². The molecule has 40 heavy (non-hydrogen) atoms. The van der Waals surface area contributed by atoms with Crippen molar-refractivity contribution in [2.75, 3.05) is 43.5 Å². The summed E-state index contributed by atoms with van der Waals surface area (Å²) in [5, 5.41) is 13.2. The number of hydrogen-bond donors (Lipinski definition) is 2. The molecule has 13 heteroatoms. The van der Waals surface area contributed by atoms with Gasteiger partial charge in [0.1, 0.15) is 17.5 Å². The number of carbonyl (C=O) groups is 1. The van der Waals surface area contributed by atoms with E-state index in [1.54, 1.807) is 28.7 Å². The second kappa shape index (κ2) is 10.5. The van der Waals surface area contributed by atoms with E-state index in [2.05, 4.69) is 25.2 Å². The van der Waals surface area contributed by atoms with Crippen molar-refractivity contribution in [1.29, 1.82) is 0 Å². The lowest BCUT2D eigenvalue weighted by molar-refractivity contribution is -0.154. The predicted octanol–water partition coefficient (Wildman–Crippen LogP) is 3.13. The van der Waals surface area contributed by atoms with Crippen molar-refractivity contribution < 1.29 is 23.8 Å². The van der Waals surface area contributed by atoms with Crippen molar-refractivity contribution in [3.63, 3.8) is 0 Å². The van der Waals surface area contributed by atoms with Crippen LogP contribution in [0.4, 0.5) is 21.7 Å². The molecular weight excluding hydrogens is 541 g/mol. The summed E-state index contributed by atoms with van der Waals surface area (Å²) in [5.41, 5.74) is 2.69. The van der Waals surface area contributed by atoms with Gasteiger partial charge in [-0.3, -0.25) is 9.20 Å². The Morgan fingerprint density at radius 1 is 1.20 bits per heavy atom. The zero-order valence-electron chi connectivity index (χ0n) is 21.8. The van der Waals surface area contributed by atoms with Crippen LogP contribution in [-0.2, 0) is 9.53 Å². The number of nitrogens with one attached hydrogen (secondary N) is 1. The minimum absolute atomic E-state index is 0.159. The molecule has 5 heterocycles. The Labute approximate surface area is 234 Å². The maximum Gasteiger partial charge on any atom is 0.251 e. The molecule has 0 spiro atoms. The van der Waals surface area contributed by atoms with E-state index in [0.717, 1.165) is 5.69 Å². The lowest BCUT2D eigenvalue weighted by atomic mass is 10.1. The number of halogens is 2. The number of fused-ring (bicyclic) bond motifs is 3. The van der Waals surface area contributed by atoms with Crippen molar-refractivity contribution in [1.82, 2.24) is 24.3 Å². The highest BCUT2D eigenvalue weighted by Gasteiger charge is 2.37. The summed E-state index contributed by atoms with van der Waals surface area (Å²) in [7, 11) is 1.58. The first kappa shape index (κ1) is 26.2. The van der Waals surface area contributed by atoms with Crippen LogP contribution in [0, 0.1) is 5.82 Å². The van der Waals surface area contributed by atoms with E-state index < -0.39 is 11.9 Å². The Bertz CT molecular complexity index is 1570. The van der Waals surface area contributed by atoms with Crippen molar-refractivity contribution in [3.8, 4) is 17.1 Å². The Morgan fingerprint density at radius 2 is 1.98 bits per heavy atom. The van der Waals surface area contributed by atoms with Crippen LogP contribution in [0.2, 0.25) is 5.02 Å². The first-order valence-corrected chi connectivity index (χ1v) is 13.2. The second-order valence-electron chi connectivity index (χ2n) is 9.80. The third-order valence-corrected chi connectivity index (χ3v) is 7.30. The van der Waals surface area contributed by atoms with Crippen LogP contribution in [0.1, 0.15) is 6.92 Å². The first-order chi connectivity index (χ1) is 19.3. The third kappa shape index (κ3) is 4.89. The van der Waals surface area contributed by atoms with Crippen molar-refractivity contribution in [2.24, 2.45) is 0 Å². The van der Waals surface area contributed by atoms with E-state index in [0.29, 0.717) is 54.0 Å². The average Bonchev–Trinajstić information content (AvgIpc) is 3.38. The number of amides is 1. The van der Waals surface area contributed by atoms with Crippen molar-refractivity contribution in [2.45, 2.75) is 25.2 Å². The molecular formula is C27H27ClFN7O4. The van der Waals surface area contributed by atoms with Gasteiger partial charge in [0.2, 0.25) is 5.95 Å². The molecule has 0 radical (unpaired) electrons. The maximum absolute atomic E-state index is 14.2. The molecule has 2 aliphatic heterocycles. The maximum atomic E-state index is 14.2. The molecule has 2 bridgehead atoms. The molecule has 2 fully saturated rings. The number of aromatic nitrogens is 4. The van der Waals surface area contributed by atoms with E-state index in [4.69, 9.17) is 21.1 Å². The Kier molecular flexibility index (Phi) is 6.90. The fourth-order valence-electron chi connectivity index (χ4n) is 5.21. The largest absolute Gasteiger partial charge is 0.494 e. The lowest BCUT2D eigenvalue weighted by Gasteiger charge is -2.46. The van der Waals surface area contributed by atoms with Gasteiger partial charge in [-0.2, -0.15) is 0 Å². The highest BCUT2D eigenvalue weighted by atomic mass is 35.5.